The molecule has 8 unspecified atom stereocenters. The Morgan fingerprint density at radius 3 is 2.24 bits per heavy atom. The Morgan fingerprint density at radius 1 is 0.931 bits per heavy atom. The molecule has 0 aromatic rings. The van der Waals surface area contributed by atoms with Gasteiger partial charge in [-0.3, -0.25) is 0 Å². The molecule has 0 heteroatoms. The molecule has 0 heterocycles. The van der Waals surface area contributed by atoms with Gasteiger partial charge in [-0.1, -0.05) is 74.0 Å². The van der Waals surface area contributed by atoms with Crippen LogP contribution in [0, 0.1) is 57.2 Å². The number of allylic oxidation sites excluding steroid dienone is 2. The van der Waals surface area contributed by atoms with Crippen LogP contribution in [0.15, 0.2) is 11.6 Å². The van der Waals surface area contributed by atoms with Crippen molar-refractivity contribution in [3.63, 3.8) is 0 Å². The van der Waals surface area contributed by atoms with Gasteiger partial charge in [-0.15, -0.1) is 0 Å². The van der Waals surface area contributed by atoms with Crippen LogP contribution in [-0.4, -0.2) is 0 Å². The summed E-state index contributed by atoms with van der Waals surface area (Å²) in [6, 6.07) is 0. The van der Waals surface area contributed by atoms with E-state index < -0.39 is 0 Å². The molecule has 0 aromatic heterocycles. The second kappa shape index (κ2) is 6.87. The average Bonchev–Trinajstić information content (AvgIpc) is 2.94. The van der Waals surface area contributed by atoms with Crippen LogP contribution in [0.1, 0.15) is 114 Å². The first-order valence-corrected chi connectivity index (χ1v) is 13.0. The van der Waals surface area contributed by atoms with Crippen LogP contribution >= 0.6 is 0 Å². The molecular weight excluding hydrogens is 348 g/mol. The molecule has 8 atom stereocenters. The Hall–Kier alpha value is -0.260. The van der Waals surface area contributed by atoms with Crippen molar-refractivity contribution in [2.75, 3.05) is 0 Å². The van der Waals surface area contributed by atoms with Gasteiger partial charge in [0.1, 0.15) is 0 Å². The largest absolute Gasteiger partial charge is 0.0842 e. The monoisotopic (exact) mass is 398 g/mol. The fourth-order valence-electron chi connectivity index (χ4n) is 8.62. The minimum Gasteiger partial charge on any atom is -0.0842 e. The zero-order chi connectivity index (χ0) is 21.4. The van der Waals surface area contributed by atoms with Crippen LogP contribution in [0.5, 0.6) is 0 Å². The van der Waals surface area contributed by atoms with E-state index in [9.17, 15) is 0 Å². The van der Waals surface area contributed by atoms with Gasteiger partial charge in [0.25, 0.3) is 0 Å². The molecule has 0 saturated heterocycles. The van der Waals surface area contributed by atoms with Crippen LogP contribution < -0.4 is 0 Å². The third kappa shape index (κ3) is 3.20. The highest BCUT2D eigenvalue weighted by Crippen LogP contribution is 2.70. The lowest BCUT2D eigenvalue weighted by Crippen LogP contribution is -2.54. The maximum Gasteiger partial charge on any atom is -0.0116 e. The minimum atomic E-state index is 0.415. The zero-order valence-corrected chi connectivity index (χ0v) is 21.2. The van der Waals surface area contributed by atoms with Crippen molar-refractivity contribution < 1.29 is 0 Å². The van der Waals surface area contributed by atoms with E-state index in [0.29, 0.717) is 21.7 Å². The molecule has 0 N–H and O–H groups in total. The molecule has 3 saturated carbocycles. The molecule has 0 spiro atoms. The molecule has 0 bridgehead atoms. The maximum atomic E-state index is 2.77. The fraction of sp³-hybridized carbons (Fsp3) is 0.931. The van der Waals surface area contributed by atoms with Gasteiger partial charge in [0.2, 0.25) is 0 Å². The van der Waals surface area contributed by atoms with E-state index in [-0.39, 0.29) is 0 Å². The van der Waals surface area contributed by atoms with Crippen molar-refractivity contribution in [3.8, 4) is 0 Å². The lowest BCUT2D eigenvalue weighted by atomic mass is 9.43. The molecule has 0 radical (unpaired) electrons. The number of fused-ring (bicyclic) bond motifs is 5. The first-order chi connectivity index (χ1) is 13.3. The first-order valence-electron chi connectivity index (χ1n) is 13.0. The topological polar surface area (TPSA) is 0 Å². The van der Waals surface area contributed by atoms with Gasteiger partial charge in [-0.2, -0.15) is 0 Å². The molecule has 0 aromatic carbocycles. The van der Waals surface area contributed by atoms with Crippen molar-refractivity contribution in [3.05, 3.63) is 11.6 Å². The van der Waals surface area contributed by atoms with E-state index in [1.807, 2.05) is 5.57 Å². The molecule has 4 rings (SSSR count). The summed E-state index contributed by atoms with van der Waals surface area (Å²) < 4.78 is 0. The third-order valence-corrected chi connectivity index (χ3v) is 11.9. The van der Waals surface area contributed by atoms with E-state index in [1.165, 1.54) is 51.4 Å². The lowest BCUT2D eigenvalue weighted by molar-refractivity contribution is -0.0852. The van der Waals surface area contributed by atoms with Crippen molar-refractivity contribution in [1.82, 2.24) is 0 Å². The van der Waals surface area contributed by atoms with E-state index >= 15 is 0 Å². The molecule has 29 heavy (non-hydrogen) atoms. The third-order valence-electron chi connectivity index (χ3n) is 11.9. The van der Waals surface area contributed by atoms with Crippen LogP contribution in [0.2, 0.25) is 0 Å². The van der Waals surface area contributed by atoms with Gasteiger partial charge >= 0.3 is 0 Å². The van der Waals surface area contributed by atoms with Gasteiger partial charge < -0.3 is 0 Å². The predicted molar refractivity (Wildman–Crippen MR) is 127 cm³/mol. The number of hydrogen-bond acceptors (Lipinski definition) is 0. The maximum absolute atomic E-state index is 2.77. The van der Waals surface area contributed by atoms with Gasteiger partial charge in [0.05, 0.1) is 0 Å². The zero-order valence-electron chi connectivity index (χ0n) is 21.2. The van der Waals surface area contributed by atoms with E-state index in [1.54, 1.807) is 0 Å². The smallest absolute Gasteiger partial charge is 0.0116 e. The number of hydrogen-bond donors (Lipinski definition) is 0. The SMILES string of the molecule is CC(CC1CCC2C3CC=C4C(CCC(C)C4(C)C)C3(C)CCC12C)C(C)(C)C. The second-order valence-electron chi connectivity index (χ2n) is 14.1. The van der Waals surface area contributed by atoms with Gasteiger partial charge in [-0.05, 0) is 109 Å². The van der Waals surface area contributed by atoms with E-state index in [4.69, 9.17) is 0 Å². The van der Waals surface area contributed by atoms with Gasteiger partial charge in [-0.25, -0.2) is 0 Å². The van der Waals surface area contributed by atoms with Gasteiger partial charge in [0.15, 0.2) is 0 Å². The molecule has 0 nitrogen and oxygen atoms in total. The Balaban J connectivity index is 1.61. The summed E-state index contributed by atoms with van der Waals surface area (Å²) in [4.78, 5) is 0. The standard InChI is InChI=1S/C29H50/c1-19-10-12-23-22(27(19,6)7)14-15-25-24-13-11-21(18-20(2)26(3,4)5)28(24,8)16-17-29(23,25)9/h14,19-21,23-25H,10-13,15-18H2,1-9H3. The highest BCUT2D eigenvalue weighted by molar-refractivity contribution is 5.28. The average molecular weight is 399 g/mol. The van der Waals surface area contributed by atoms with Gasteiger partial charge in [0, 0.05) is 0 Å². The Morgan fingerprint density at radius 2 is 1.59 bits per heavy atom. The molecule has 4 aliphatic carbocycles. The minimum absolute atomic E-state index is 0.415. The first kappa shape index (κ1) is 22.0. The quantitative estimate of drug-likeness (QED) is 0.407. The van der Waals surface area contributed by atoms with Crippen molar-refractivity contribution in [2.24, 2.45) is 57.2 Å². The van der Waals surface area contributed by atoms with Crippen LogP contribution in [-0.2, 0) is 0 Å². The van der Waals surface area contributed by atoms with Crippen molar-refractivity contribution in [1.29, 1.82) is 0 Å². The molecule has 4 aliphatic rings. The molecule has 166 valence electrons. The van der Waals surface area contributed by atoms with Crippen molar-refractivity contribution >= 4 is 0 Å². The highest BCUT2D eigenvalue weighted by atomic mass is 14.7. The summed E-state index contributed by atoms with van der Waals surface area (Å²) >= 11 is 0. The summed E-state index contributed by atoms with van der Waals surface area (Å²) in [5.74, 6) is 5.40. The summed E-state index contributed by atoms with van der Waals surface area (Å²) in [6.07, 6.45) is 14.5. The molecule has 0 aliphatic heterocycles. The molecule has 3 fully saturated rings. The van der Waals surface area contributed by atoms with Crippen molar-refractivity contribution in [2.45, 2.75) is 114 Å². The normalized spacial score (nSPS) is 47.6. The second-order valence-corrected chi connectivity index (χ2v) is 14.1. The summed E-state index contributed by atoms with van der Waals surface area (Å²) in [5.41, 5.74) is 3.89. The van der Waals surface area contributed by atoms with Crippen LogP contribution in [0.25, 0.3) is 0 Å². The predicted octanol–water partition coefficient (Wildman–Crippen LogP) is 8.91. The highest BCUT2D eigenvalue weighted by Gasteiger charge is 2.61. The van der Waals surface area contributed by atoms with Crippen LogP contribution in [0.4, 0.5) is 0 Å². The molecule has 0 amide bonds. The van der Waals surface area contributed by atoms with E-state index in [2.05, 4.69) is 68.4 Å². The number of rotatable bonds is 2. The summed E-state index contributed by atoms with van der Waals surface area (Å²) in [7, 11) is 0. The Kier molecular flexibility index (Phi) is 5.20. The summed E-state index contributed by atoms with van der Waals surface area (Å²) in [5, 5.41) is 0. The fourth-order valence-corrected chi connectivity index (χ4v) is 8.62. The Labute approximate surface area is 182 Å². The summed E-state index contributed by atoms with van der Waals surface area (Å²) in [6.45, 7) is 22.9. The van der Waals surface area contributed by atoms with E-state index in [0.717, 1.165) is 35.5 Å². The molecular formula is C29H50. The lowest BCUT2D eigenvalue weighted by Gasteiger charge is -2.62. The Bertz CT molecular complexity index is 660. The van der Waals surface area contributed by atoms with Crippen LogP contribution in [0.3, 0.4) is 0 Å².